The highest BCUT2D eigenvalue weighted by Crippen LogP contribution is 2.33. The molecule has 2 aliphatic heterocycles. The Morgan fingerprint density at radius 1 is 1.16 bits per heavy atom. The van der Waals surface area contributed by atoms with Gasteiger partial charge in [-0.15, -0.1) is 0 Å². The number of ether oxygens (including phenoxy) is 2. The maximum absolute atomic E-state index is 13.4. The molecule has 0 saturated carbocycles. The minimum absolute atomic E-state index is 0.292. The number of carbonyl (C=O) groups is 2. The van der Waals surface area contributed by atoms with E-state index >= 15 is 0 Å². The normalized spacial score (nSPS) is 19.6. The van der Waals surface area contributed by atoms with E-state index in [2.05, 4.69) is 4.99 Å². The summed E-state index contributed by atoms with van der Waals surface area (Å²) in [5.41, 5.74) is 1.73. The number of hydrogen-bond donors (Lipinski definition) is 1. The van der Waals surface area contributed by atoms with Gasteiger partial charge in [-0.1, -0.05) is 24.3 Å². The summed E-state index contributed by atoms with van der Waals surface area (Å²) >= 11 is 0. The lowest BCUT2D eigenvalue weighted by atomic mass is 9.89. The van der Waals surface area contributed by atoms with Crippen molar-refractivity contribution in [2.75, 3.05) is 51.4 Å². The Labute approximate surface area is 182 Å². The van der Waals surface area contributed by atoms with Crippen LogP contribution < -0.4 is 14.5 Å². The summed E-state index contributed by atoms with van der Waals surface area (Å²) in [5.74, 6) is -0.613. The van der Waals surface area contributed by atoms with Gasteiger partial charge in [-0.3, -0.25) is 14.6 Å². The molecule has 0 bridgehead atoms. The van der Waals surface area contributed by atoms with Crippen LogP contribution in [0.15, 0.2) is 53.5 Å². The SMILES string of the molecule is COc1cccc(N2C(=O)c3ccccc3[C@@H](C=NCCC[NH+]3CCOCC3)C2=O)c1. The Hall–Kier alpha value is -3.03. The number of nitrogens with zero attached hydrogens (tertiary/aromatic N) is 2. The molecule has 1 saturated heterocycles. The first-order valence-corrected chi connectivity index (χ1v) is 10.7. The number of amides is 2. The molecule has 1 N–H and O–H groups in total. The van der Waals surface area contributed by atoms with Crippen molar-refractivity contribution in [2.24, 2.45) is 4.99 Å². The smallest absolute Gasteiger partial charge is 0.265 e. The lowest BCUT2D eigenvalue weighted by Crippen LogP contribution is -3.14. The van der Waals surface area contributed by atoms with E-state index in [1.54, 1.807) is 43.7 Å². The molecule has 2 amide bonds. The first kappa shape index (κ1) is 21.2. The molecule has 0 unspecified atom stereocenters. The van der Waals surface area contributed by atoms with Gasteiger partial charge in [-0.25, -0.2) is 4.90 Å². The van der Waals surface area contributed by atoms with E-state index in [0.717, 1.165) is 39.3 Å². The van der Waals surface area contributed by atoms with Gasteiger partial charge in [0.2, 0.25) is 5.91 Å². The Balaban J connectivity index is 1.52. The molecule has 31 heavy (non-hydrogen) atoms. The Kier molecular flexibility index (Phi) is 6.74. The second-order valence-electron chi connectivity index (χ2n) is 7.77. The highest BCUT2D eigenvalue weighted by atomic mass is 16.5. The van der Waals surface area contributed by atoms with Gasteiger partial charge in [0.15, 0.2) is 0 Å². The number of rotatable bonds is 7. The van der Waals surface area contributed by atoms with Crippen molar-refractivity contribution in [1.82, 2.24) is 0 Å². The van der Waals surface area contributed by atoms with Gasteiger partial charge >= 0.3 is 0 Å². The number of anilines is 1. The van der Waals surface area contributed by atoms with Crippen LogP contribution in [0.4, 0.5) is 5.69 Å². The standard InChI is InChI=1S/C24H27N3O4/c1-30-19-7-4-6-18(16-19)27-23(28)21-9-3-2-8-20(21)22(24(27)29)17-25-10-5-11-26-12-14-31-15-13-26/h2-4,6-9,16-17,22H,5,10-15H2,1H3/p+1/t22-/m1/s1. The monoisotopic (exact) mass is 422 g/mol. The summed E-state index contributed by atoms with van der Waals surface area (Å²) in [6.07, 6.45) is 2.66. The lowest BCUT2D eigenvalue weighted by Gasteiger charge is -2.31. The molecule has 1 fully saturated rings. The zero-order chi connectivity index (χ0) is 21.6. The summed E-state index contributed by atoms with van der Waals surface area (Å²) < 4.78 is 10.7. The van der Waals surface area contributed by atoms with Crippen LogP contribution >= 0.6 is 0 Å². The van der Waals surface area contributed by atoms with Crippen LogP contribution in [0, 0.1) is 0 Å². The van der Waals surface area contributed by atoms with Crippen molar-refractivity contribution in [1.29, 1.82) is 0 Å². The van der Waals surface area contributed by atoms with E-state index in [1.807, 2.05) is 18.2 Å². The molecule has 4 rings (SSSR count). The summed E-state index contributed by atoms with van der Waals surface area (Å²) in [7, 11) is 1.56. The number of hydrogen-bond acceptors (Lipinski definition) is 5. The van der Waals surface area contributed by atoms with Crippen molar-refractivity contribution < 1.29 is 24.0 Å². The molecule has 2 heterocycles. The molecule has 2 aromatic rings. The van der Waals surface area contributed by atoms with Crippen molar-refractivity contribution >= 4 is 23.7 Å². The number of imide groups is 1. The number of carbonyl (C=O) groups excluding carboxylic acids is 2. The van der Waals surface area contributed by atoms with E-state index < -0.39 is 5.92 Å². The molecule has 2 aromatic carbocycles. The fraction of sp³-hybridized carbons (Fsp3) is 0.375. The highest BCUT2D eigenvalue weighted by molar-refractivity contribution is 6.29. The average molecular weight is 423 g/mol. The first-order chi connectivity index (χ1) is 15.2. The van der Waals surface area contributed by atoms with Gasteiger partial charge in [0.1, 0.15) is 18.8 Å². The number of benzene rings is 2. The average Bonchev–Trinajstić information content (AvgIpc) is 2.81. The molecule has 0 aliphatic carbocycles. The molecule has 162 valence electrons. The number of methoxy groups -OCH3 is 1. The van der Waals surface area contributed by atoms with Crippen LogP contribution in [0.3, 0.4) is 0 Å². The molecule has 7 heteroatoms. The van der Waals surface area contributed by atoms with E-state index in [-0.39, 0.29) is 11.8 Å². The maximum atomic E-state index is 13.4. The third-order valence-corrected chi connectivity index (χ3v) is 5.80. The summed E-state index contributed by atoms with van der Waals surface area (Å²) in [6, 6.07) is 14.3. The van der Waals surface area contributed by atoms with Crippen molar-refractivity contribution in [3.8, 4) is 5.75 Å². The van der Waals surface area contributed by atoms with E-state index in [4.69, 9.17) is 9.47 Å². The zero-order valence-electron chi connectivity index (χ0n) is 17.8. The highest BCUT2D eigenvalue weighted by Gasteiger charge is 2.38. The number of quaternary nitrogens is 1. The van der Waals surface area contributed by atoms with Crippen LogP contribution in [0.5, 0.6) is 5.75 Å². The molecule has 2 aliphatic rings. The molecule has 0 radical (unpaired) electrons. The summed E-state index contributed by atoms with van der Waals surface area (Å²) in [4.78, 5) is 33.8. The van der Waals surface area contributed by atoms with Gasteiger partial charge in [-0.05, 0) is 23.8 Å². The van der Waals surface area contributed by atoms with Crippen LogP contribution in [0.1, 0.15) is 28.3 Å². The first-order valence-electron chi connectivity index (χ1n) is 10.7. The van der Waals surface area contributed by atoms with Gasteiger partial charge in [0.05, 0.1) is 38.5 Å². The number of morpholine rings is 1. The Morgan fingerprint density at radius 3 is 2.77 bits per heavy atom. The molecule has 0 aromatic heterocycles. The number of nitrogens with one attached hydrogen (secondary N) is 1. The third kappa shape index (κ3) is 4.68. The molecular weight excluding hydrogens is 394 g/mol. The van der Waals surface area contributed by atoms with Crippen molar-refractivity contribution in [3.05, 3.63) is 59.7 Å². The van der Waals surface area contributed by atoms with Gasteiger partial charge in [0.25, 0.3) is 5.91 Å². The zero-order valence-corrected chi connectivity index (χ0v) is 17.8. The van der Waals surface area contributed by atoms with Crippen LogP contribution in [0.2, 0.25) is 0 Å². The van der Waals surface area contributed by atoms with Gasteiger partial charge in [0, 0.05) is 30.8 Å². The Bertz CT molecular complexity index is 969. The quantitative estimate of drug-likeness (QED) is 0.415. The van der Waals surface area contributed by atoms with E-state index in [1.165, 1.54) is 9.80 Å². The summed E-state index contributed by atoms with van der Waals surface area (Å²) in [5, 5.41) is 0. The fourth-order valence-corrected chi connectivity index (χ4v) is 4.10. The predicted molar refractivity (Wildman–Crippen MR) is 118 cm³/mol. The molecule has 1 atom stereocenters. The fourth-order valence-electron chi connectivity index (χ4n) is 4.10. The van der Waals surface area contributed by atoms with Crippen LogP contribution in [-0.4, -0.2) is 64.5 Å². The number of fused-ring (bicyclic) bond motifs is 1. The van der Waals surface area contributed by atoms with Crippen LogP contribution in [0.25, 0.3) is 0 Å². The third-order valence-electron chi connectivity index (χ3n) is 5.80. The van der Waals surface area contributed by atoms with Gasteiger partial charge in [-0.2, -0.15) is 0 Å². The van der Waals surface area contributed by atoms with Crippen molar-refractivity contribution in [2.45, 2.75) is 12.3 Å². The minimum Gasteiger partial charge on any atom is -0.497 e. The second-order valence-corrected chi connectivity index (χ2v) is 7.77. The van der Waals surface area contributed by atoms with Gasteiger partial charge < -0.3 is 14.4 Å². The van der Waals surface area contributed by atoms with Crippen molar-refractivity contribution in [3.63, 3.8) is 0 Å². The van der Waals surface area contributed by atoms with E-state index in [0.29, 0.717) is 29.1 Å². The molecular formula is C24H28N3O4+. The Morgan fingerprint density at radius 2 is 1.97 bits per heavy atom. The minimum atomic E-state index is -0.587. The summed E-state index contributed by atoms with van der Waals surface area (Å²) in [6.45, 7) is 5.42. The topological polar surface area (TPSA) is 72.6 Å². The largest absolute Gasteiger partial charge is 0.497 e. The second kappa shape index (κ2) is 9.85. The lowest BCUT2D eigenvalue weighted by molar-refractivity contribution is -0.908. The molecule has 0 spiro atoms. The van der Waals surface area contributed by atoms with E-state index in [9.17, 15) is 9.59 Å². The predicted octanol–water partition coefficient (Wildman–Crippen LogP) is 1.34. The molecule has 7 nitrogen and oxygen atoms in total. The number of aliphatic imine (C=N–C) groups is 1. The van der Waals surface area contributed by atoms with Crippen LogP contribution in [-0.2, 0) is 9.53 Å². The maximum Gasteiger partial charge on any atom is 0.265 e.